The molecule has 0 unspecified atom stereocenters. The molecule has 0 N–H and O–H groups in total. The Morgan fingerprint density at radius 2 is 0.654 bits per heavy atom. The van der Waals surface area contributed by atoms with Crippen molar-refractivity contribution in [3.63, 3.8) is 0 Å². The molecule has 0 nitrogen and oxygen atoms in total. The SMILES string of the molecule is [CH-]=CC=[CH-].[CH-]=Cc1[c-]cccc1.[CH-]=c1ccccc1=[CH-].[Y].[Y].[Y].[Y].[c-]1ccccc1-c1[c-]cccc1.c1ccc2ccccc2c1.c1ccccc1. The summed E-state index contributed by atoms with van der Waals surface area (Å²) in [7, 11) is 0. The van der Waals surface area contributed by atoms with Crippen LogP contribution in [-0.4, -0.2) is 0 Å². The Balaban J connectivity index is -0.000000560. The zero-order chi connectivity index (χ0) is 34.5. The molecule has 0 saturated carbocycles. The van der Waals surface area contributed by atoms with Crippen molar-refractivity contribution in [1.29, 1.82) is 0 Å². The van der Waals surface area contributed by atoms with E-state index in [1.54, 1.807) is 12.1 Å². The third-order valence-electron chi connectivity index (χ3n) is 6.05. The molecule has 0 aliphatic rings. The molecule has 4 radical (unpaired) electrons. The molecule has 0 atom stereocenters. The van der Waals surface area contributed by atoms with Gasteiger partial charge in [-0.1, -0.05) is 84.9 Å². The van der Waals surface area contributed by atoms with Gasteiger partial charge in [0.2, 0.25) is 0 Å². The second kappa shape index (κ2) is 37.5. The minimum absolute atomic E-state index is 0. The third kappa shape index (κ3) is 26.0. The Kier molecular flexibility index (Phi) is 39.3. The fraction of sp³-hybridized carbons (Fsp3) is 0. The largest absolute Gasteiger partial charge is 0.394 e. The van der Waals surface area contributed by atoms with Crippen LogP contribution in [0.15, 0.2) is 194 Å². The summed E-state index contributed by atoms with van der Waals surface area (Å²) in [4.78, 5) is 0. The van der Waals surface area contributed by atoms with Crippen LogP contribution in [0.25, 0.3) is 41.1 Å². The van der Waals surface area contributed by atoms with E-state index in [4.69, 9.17) is 32.9 Å². The van der Waals surface area contributed by atoms with E-state index in [1.807, 2.05) is 121 Å². The fourth-order valence-corrected chi connectivity index (χ4v) is 3.66. The number of rotatable bonds is 3. The van der Waals surface area contributed by atoms with Gasteiger partial charge in [0.15, 0.2) is 0 Å². The maximum absolute atomic E-state index is 5.39. The summed E-state index contributed by atoms with van der Waals surface area (Å²) in [6.07, 6.45) is 4.08. The Hall–Kier alpha value is -1.82. The predicted octanol–water partition coefficient (Wildman–Crippen LogP) is 10.6. The monoisotopic (exact) mass is 970 g/mol. The van der Waals surface area contributed by atoms with Crippen molar-refractivity contribution in [1.82, 2.24) is 0 Å². The van der Waals surface area contributed by atoms with Gasteiger partial charge >= 0.3 is 0 Å². The van der Waals surface area contributed by atoms with Gasteiger partial charge in [-0.3, -0.25) is 13.2 Å². The van der Waals surface area contributed by atoms with E-state index in [9.17, 15) is 0 Å². The molecule has 52 heavy (non-hydrogen) atoms. The molecule has 0 aliphatic carbocycles. The standard InChI is InChI=1S/C12H8.C10H8.2C8H6.C6H6.C4H4.4Y/c1-3-7-11(8-4-1)12-9-5-2-6-10-12;1-2-6-10-8-4-3-7-9(10)5-1;1-7-5-3-4-6-8(7)2;1-2-8-6-4-3-5-7-8;1-2-4-6-5-3-1;1-3-4-2;;;;/h1-7,9H;1-8H;2*1-6H;1-6H;1-4H;;;;/q-2;;2*-2;;-2;;;;. The van der Waals surface area contributed by atoms with Gasteiger partial charge in [0, 0.05) is 131 Å². The van der Waals surface area contributed by atoms with E-state index in [1.165, 1.54) is 29.0 Å². The van der Waals surface area contributed by atoms with Crippen LogP contribution in [0.1, 0.15) is 5.56 Å². The van der Waals surface area contributed by atoms with Crippen molar-refractivity contribution in [2.24, 2.45) is 0 Å². The van der Waals surface area contributed by atoms with Crippen LogP contribution in [-0.2, 0) is 131 Å². The molecule has 0 spiro atoms. The van der Waals surface area contributed by atoms with Crippen molar-refractivity contribution in [3.8, 4) is 11.1 Å². The van der Waals surface area contributed by atoms with Crippen LogP contribution in [0.5, 0.6) is 0 Å². The summed E-state index contributed by atoms with van der Waals surface area (Å²) in [5.41, 5.74) is 3.13. The van der Waals surface area contributed by atoms with Crippen LogP contribution in [0.3, 0.4) is 0 Å². The Morgan fingerprint density at radius 3 is 0.885 bits per heavy atom. The minimum atomic E-state index is 0. The van der Waals surface area contributed by atoms with Gasteiger partial charge in [0.05, 0.1) is 0 Å². The average molecular weight is 970 g/mol. The first kappa shape index (κ1) is 54.5. The molecule has 0 amide bonds. The molecule has 0 aliphatic heterocycles. The van der Waals surface area contributed by atoms with Crippen LogP contribution in [0.4, 0.5) is 0 Å². The van der Waals surface area contributed by atoms with E-state index in [0.717, 1.165) is 16.7 Å². The second-order valence-corrected chi connectivity index (χ2v) is 9.55. The summed E-state index contributed by atoms with van der Waals surface area (Å²) in [5.74, 6) is 0. The quantitative estimate of drug-likeness (QED) is 0.122. The summed E-state index contributed by atoms with van der Waals surface area (Å²) in [6, 6.07) is 68.6. The molecule has 7 aromatic carbocycles. The maximum atomic E-state index is 5.39. The van der Waals surface area contributed by atoms with Crippen molar-refractivity contribution in [2.45, 2.75) is 0 Å². The van der Waals surface area contributed by atoms with Crippen molar-refractivity contribution in [3.05, 3.63) is 248 Å². The first-order chi connectivity index (χ1) is 23.6. The van der Waals surface area contributed by atoms with Gasteiger partial charge in [0.1, 0.15) is 0 Å². The minimum Gasteiger partial charge on any atom is -0.394 e. The molecule has 7 aromatic rings. The first-order valence-electron chi connectivity index (χ1n) is 15.2. The number of benzene rings is 7. The number of hydrogen-bond acceptors (Lipinski definition) is 0. The molecule has 0 bridgehead atoms. The van der Waals surface area contributed by atoms with Gasteiger partial charge < -0.3 is 54.0 Å². The third-order valence-corrected chi connectivity index (χ3v) is 6.05. The molecule has 0 saturated heterocycles. The molecular formula is C48H38Y4-8. The van der Waals surface area contributed by atoms with E-state index < -0.39 is 0 Å². The molecular weight excluding hydrogens is 932 g/mol. The van der Waals surface area contributed by atoms with Gasteiger partial charge in [-0.2, -0.15) is 60.7 Å². The molecule has 0 aromatic heterocycles. The van der Waals surface area contributed by atoms with Crippen molar-refractivity contribution < 1.29 is 131 Å². The van der Waals surface area contributed by atoms with Crippen molar-refractivity contribution >= 4 is 30.0 Å². The topological polar surface area (TPSA) is 0 Å². The van der Waals surface area contributed by atoms with Crippen LogP contribution < -0.4 is 10.4 Å². The second-order valence-electron chi connectivity index (χ2n) is 9.55. The Bertz CT molecular complexity index is 1780. The first-order valence-corrected chi connectivity index (χ1v) is 15.2. The number of allylic oxidation sites excluding steroid dienone is 2. The van der Waals surface area contributed by atoms with E-state index >= 15 is 0 Å². The summed E-state index contributed by atoms with van der Waals surface area (Å²) in [5, 5.41) is 3.91. The normalized spacial score (nSPS) is 8.15. The molecule has 250 valence electrons. The zero-order valence-corrected chi connectivity index (χ0v) is 40.6. The molecule has 0 heterocycles. The Morgan fingerprint density at radius 1 is 0.346 bits per heavy atom. The molecule has 0 fully saturated rings. The summed E-state index contributed by atoms with van der Waals surface area (Å²) >= 11 is 0. The Labute approximate surface area is 413 Å². The van der Waals surface area contributed by atoms with Gasteiger partial charge in [0.25, 0.3) is 0 Å². The average Bonchev–Trinajstić information content (AvgIpc) is 3.19. The van der Waals surface area contributed by atoms with Crippen LogP contribution in [0.2, 0.25) is 0 Å². The smallest absolute Gasteiger partial charge is 0 e. The summed E-state index contributed by atoms with van der Waals surface area (Å²) in [6.45, 7) is 25.4. The number of fused-ring (bicyclic) bond motifs is 1. The van der Waals surface area contributed by atoms with Gasteiger partial charge in [-0.15, -0.1) is 30.3 Å². The van der Waals surface area contributed by atoms with Gasteiger partial charge in [-0.25, -0.2) is 35.4 Å². The zero-order valence-electron chi connectivity index (χ0n) is 29.2. The maximum Gasteiger partial charge on any atom is 0 e. The predicted molar refractivity (Wildman–Crippen MR) is 206 cm³/mol. The number of hydrogen-bond donors (Lipinski definition) is 0. The molecule has 4 heteroatoms. The van der Waals surface area contributed by atoms with Gasteiger partial charge in [-0.05, 0) is 10.8 Å². The van der Waals surface area contributed by atoms with E-state index in [-0.39, 0.29) is 131 Å². The van der Waals surface area contributed by atoms with E-state index in [2.05, 4.69) is 66.7 Å². The van der Waals surface area contributed by atoms with Crippen LogP contribution >= 0.6 is 0 Å². The summed E-state index contributed by atoms with van der Waals surface area (Å²) < 4.78 is 0. The van der Waals surface area contributed by atoms with Crippen LogP contribution in [0, 0.1) is 37.9 Å². The molecule has 7 rings (SSSR count). The van der Waals surface area contributed by atoms with E-state index in [0.29, 0.717) is 10.4 Å². The fourth-order valence-electron chi connectivity index (χ4n) is 3.66. The van der Waals surface area contributed by atoms with Crippen molar-refractivity contribution in [2.75, 3.05) is 0 Å².